The van der Waals surface area contributed by atoms with E-state index in [1.807, 2.05) is 30.3 Å². The molecule has 0 fully saturated rings. The molecule has 2 aromatic carbocycles. The zero-order valence-corrected chi connectivity index (χ0v) is 16.2. The Morgan fingerprint density at radius 2 is 1.92 bits per heavy atom. The summed E-state index contributed by atoms with van der Waals surface area (Å²) in [6, 6.07) is 14.1. The van der Waals surface area contributed by atoms with Gasteiger partial charge in [-0.3, -0.25) is 0 Å². The zero-order valence-electron chi connectivity index (χ0n) is 13.9. The van der Waals surface area contributed by atoms with E-state index in [0.29, 0.717) is 32.0 Å². The normalized spacial score (nSPS) is 16.7. The number of halogens is 2. The predicted molar refractivity (Wildman–Crippen MR) is 107 cm³/mol. The van der Waals surface area contributed by atoms with E-state index in [-0.39, 0.29) is 6.61 Å². The number of ether oxygens (including phenoxy) is 1. The van der Waals surface area contributed by atoms with Gasteiger partial charge in [0.25, 0.3) is 0 Å². The van der Waals surface area contributed by atoms with Crippen molar-refractivity contribution in [3.8, 4) is 0 Å². The molecule has 0 bridgehead atoms. The molecule has 26 heavy (non-hydrogen) atoms. The highest BCUT2D eigenvalue weighted by Crippen LogP contribution is 2.33. The third-order valence-electron chi connectivity index (χ3n) is 3.98. The van der Waals surface area contributed by atoms with Crippen LogP contribution in [0.5, 0.6) is 0 Å². The van der Waals surface area contributed by atoms with E-state index in [1.165, 1.54) is 0 Å². The summed E-state index contributed by atoms with van der Waals surface area (Å²) in [6.45, 7) is 1.96. The van der Waals surface area contributed by atoms with E-state index in [2.05, 4.69) is 10.6 Å². The van der Waals surface area contributed by atoms with Crippen molar-refractivity contribution in [1.82, 2.24) is 10.6 Å². The maximum atomic E-state index is 12.8. The summed E-state index contributed by atoms with van der Waals surface area (Å²) in [6.07, 6.45) is 0. The van der Waals surface area contributed by atoms with Crippen LogP contribution in [0.3, 0.4) is 0 Å². The number of allylic oxidation sites excluding steroid dienone is 1. The molecule has 0 aromatic heterocycles. The summed E-state index contributed by atoms with van der Waals surface area (Å²) in [5.41, 5.74) is 2.67. The Balaban J connectivity index is 1.89. The first-order valence-electron chi connectivity index (χ1n) is 7.90. The molecule has 0 amide bonds. The molecule has 134 valence electrons. The maximum absolute atomic E-state index is 12.8. The third-order valence-corrected chi connectivity index (χ3v) is 4.76. The molecule has 3 rings (SSSR count). The monoisotopic (exact) mass is 406 g/mol. The lowest BCUT2D eigenvalue weighted by atomic mass is 9.95. The minimum absolute atomic E-state index is 0.183. The molecule has 2 aromatic rings. The number of thiocarbonyl (C=S) groups is 1. The van der Waals surface area contributed by atoms with E-state index in [9.17, 15) is 4.79 Å². The molecule has 1 aliphatic rings. The standard InChI is InChI=1S/C19H16Cl2N2O2S/c1-11-16(18(24)25-10-12-5-3-2-4-6-12)17(23-19(26)22-11)14-8-7-13(20)9-15(14)21/h2-9,17H,10H2,1H3,(H2,22,23,26)/t17-/m1/s1. The van der Waals surface area contributed by atoms with Gasteiger partial charge in [0.2, 0.25) is 0 Å². The second kappa shape index (κ2) is 8.08. The van der Waals surface area contributed by atoms with Crippen LogP contribution in [0.15, 0.2) is 59.8 Å². The van der Waals surface area contributed by atoms with Crippen molar-refractivity contribution >= 4 is 46.5 Å². The van der Waals surface area contributed by atoms with Gasteiger partial charge in [0, 0.05) is 15.7 Å². The molecule has 0 unspecified atom stereocenters. The minimum Gasteiger partial charge on any atom is -0.457 e. The van der Waals surface area contributed by atoms with Crippen molar-refractivity contribution < 1.29 is 9.53 Å². The first-order chi connectivity index (χ1) is 12.5. The average molecular weight is 407 g/mol. The Bertz CT molecular complexity index is 884. The fourth-order valence-corrected chi connectivity index (χ4v) is 3.52. The fraction of sp³-hybridized carbons (Fsp3) is 0.158. The van der Waals surface area contributed by atoms with Crippen molar-refractivity contribution in [3.63, 3.8) is 0 Å². The first kappa shape index (κ1) is 18.7. The number of esters is 1. The van der Waals surface area contributed by atoms with Gasteiger partial charge in [-0.2, -0.15) is 0 Å². The Hall–Kier alpha value is -2.08. The summed E-state index contributed by atoms with van der Waals surface area (Å²) in [5.74, 6) is -0.440. The van der Waals surface area contributed by atoms with E-state index < -0.39 is 12.0 Å². The van der Waals surface area contributed by atoms with Gasteiger partial charge in [-0.1, -0.05) is 59.6 Å². The van der Waals surface area contributed by atoms with Gasteiger partial charge >= 0.3 is 5.97 Å². The van der Waals surface area contributed by atoms with Gasteiger partial charge in [-0.25, -0.2) is 4.79 Å². The molecular weight excluding hydrogens is 391 g/mol. The van der Waals surface area contributed by atoms with E-state index in [0.717, 1.165) is 5.56 Å². The van der Waals surface area contributed by atoms with Crippen molar-refractivity contribution in [2.75, 3.05) is 0 Å². The smallest absolute Gasteiger partial charge is 0.338 e. The van der Waals surface area contributed by atoms with Crippen LogP contribution in [0.2, 0.25) is 10.0 Å². The number of hydrogen-bond donors (Lipinski definition) is 2. The van der Waals surface area contributed by atoms with Gasteiger partial charge in [0.05, 0.1) is 11.6 Å². The SMILES string of the molecule is CC1=C(C(=O)OCc2ccccc2)[C@@H](c2ccc(Cl)cc2Cl)NC(=S)N1. The summed E-state index contributed by atoms with van der Waals surface area (Å²) < 4.78 is 5.50. The van der Waals surface area contributed by atoms with Crippen LogP contribution in [0.25, 0.3) is 0 Å². The maximum Gasteiger partial charge on any atom is 0.338 e. The van der Waals surface area contributed by atoms with Crippen LogP contribution in [0, 0.1) is 0 Å². The number of carbonyl (C=O) groups excluding carboxylic acids is 1. The lowest BCUT2D eigenvalue weighted by Gasteiger charge is -2.30. The highest BCUT2D eigenvalue weighted by Gasteiger charge is 2.32. The van der Waals surface area contributed by atoms with Crippen LogP contribution in [-0.4, -0.2) is 11.1 Å². The molecule has 0 aliphatic carbocycles. The van der Waals surface area contributed by atoms with E-state index in [1.54, 1.807) is 25.1 Å². The summed E-state index contributed by atoms with van der Waals surface area (Å²) >= 11 is 17.6. The Labute approximate surface area is 167 Å². The molecule has 0 spiro atoms. The molecule has 1 aliphatic heterocycles. The first-order valence-corrected chi connectivity index (χ1v) is 9.06. The Morgan fingerprint density at radius 3 is 2.62 bits per heavy atom. The van der Waals surface area contributed by atoms with Crippen LogP contribution in [-0.2, 0) is 16.1 Å². The van der Waals surface area contributed by atoms with Crippen LogP contribution in [0.1, 0.15) is 24.1 Å². The van der Waals surface area contributed by atoms with Gasteiger partial charge in [0.1, 0.15) is 6.61 Å². The number of carbonyl (C=O) groups is 1. The molecule has 4 nitrogen and oxygen atoms in total. The van der Waals surface area contributed by atoms with Crippen molar-refractivity contribution in [3.05, 3.63) is 81.0 Å². The Morgan fingerprint density at radius 1 is 1.19 bits per heavy atom. The zero-order chi connectivity index (χ0) is 18.7. The molecule has 7 heteroatoms. The van der Waals surface area contributed by atoms with Crippen molar-refractivity contribution in [1.29, 1.82) is 0 Å². The molecule has 0 saturated heterocycles. The second-order valence-corrected chi connectivity index (χ2v) is 7.05. The number of hydrogen-bond acceptors (Lipinski definition) is 3. The summed E-state index contributed by atoms with van der Waals surface area (Å²) in [4.78, 5) is 12.8. The molecule has 0 radical (unpaired) electrons. The fourth-order valence-electron chi connectivity index (χ4n) is 2.73. The second-order valence-electron chi connectivity index (χ2n) is 5.80. The third kappa shape index (κ3) is 4.18. The van der Waals surface area contributed by atoms with Gasteiger partial charge < -0.3 is 15.4 Å². The lowest BCUT2D eigenvalue weighted by Crippen LogP contribution is -2.45. The predicted octanol–water partition coefficient (Wildman–Crippen LogP) is 4.53. The topological polar surface area (TPSA) is 50.4 Å². The van der Waals surface area contributed by atoms with Gasteiger partial charge in [0.15, 0.2) is 5.11 Å². The molecule has 1 heterocycles. The highest BCUT2D eigenvalue weighted by molar-refractivity contribution is 7.80. The van der Waals surface area contributed by atoms with E-state index in [4.69, 9.17) is 40.2 Å². The molecule has 1 atom stereocenters. The van der Waals surface area contributed by atoms with Gasteiger partial charge in [-0.15, -0.1) is 0 Å². The molecule has 2 N–H and O–H groups in total. The lowest BCUT2D eigenvalue weighted by molar-refractivity contribution is -0.140. The highest BCUT2D eigenvalue weighted by atomic mass is 35.5. The number of nitrogens with one attached hydrogen (secondary N) is 2. The molecular formula is C19H16Cl2N2O2S. The van der Waals surface area contributed by atoms with Crippen LogP contribution in [0.4, 0.5) is 0 Å². The summed E-state index contributed by atoms with van der Waals surface area (Å²) in [5, 5.41) is 7.43. The number of benzene rings is 2. The van der Waals surface area contributed by atoms with Crippen molar-refractivity contribution in [2.24, 2.45) is 0 Å². The Kier molecular flexibility index (Phi) is 5.81. The largest absolute Gasteiger partial charge is 0.457 e. The van der Waals surface area contributed by atoms with Crippen molar-refractivity contribution in [2.45, 2.75) is 19.6 Å². The quantitative estimate of drug-likeness (QED) is 0.576. The molecule has 0 saturated carbocycles. The van der Waals surface area contributed by atoms with E-state index >= 15 is 0 Å². The summed E-state index contributed by atoms with van der Waals surface area (Å²) in [7, 11) is 0. The minimum atomic E-state index is -0.517. The van der Waals surface area contributed by atoms with Crippen LogP contribution >= 0.6 is 35.4 Å². The van der Waals surface area contributed by atoms with Crippen LogP contribution < -0.4 is 10.6 Å². The van der Waals surface area contributed by atoms with Gasteiger partial charge in [-0.05, 0) is 42.4 Å². The number of rotatable bonds is 4. The average Bonchev–Trinajstić information content (AvgIpc) is 2.60.